The van der Waals surface area contributed by atoms with Crippen LogP contribution in [0.4, 0.5) is 10.8 Å². The average Bonchev–Trinajstić information content (AvgIpc) is 3.44. The van der Waals surface area contributed by atoms with Gasteiger partial charge >= 0.3 is 5.97 Å². The number of carbonyl (C=O) groups is 3. The fourth-order valence-corrected chi connectivity index (χ4v) is 6.15. The minimum atomic E-state index is -1.10. The van der Waals surface area contributed by atoms with Gasteiger partial charge in [-0.1, -0.05) is 67.1 Å². The van der Waals surface area contributed by atoms with Crippen molar-refractivity contribution in [3.05, 3.63) is 107 Å². The first-order valence-corrected chi connectivity index (χ1v) is 14.7. The number of thiazole rings is 1. The van der Waals surface area contributed by atoms with Gasteiger partial charge in [0.05, 0.1) is 16.5 Å². The minimum Gasteiger partial charge on any atom is -0.478 e. The molecule has 4 aromatic carbocycles. The second-order valence-electron chi connectivity index (χ2n) is 9.40. The number of carboxylic acid groups (broad SMARTS) is 1. The van der Waals surface area contributed by atoms with Crippen molar-refractivity contribution in [3.63, 3.8) is 0 Å². The fraction of sp³-hybridized carbons (Fsp3) is 0.125. The second kappa shape index (κ2) is 12.4. The van der Waals surface area contributed by atoms with Gasteiger partial charge in [0.25, 0.3) is 5.91 Å². The molecule has 206 valence electrons. The summed E-state index contributed by atoms with van der Waals surface area (Å²) < 4.78 is 0. The van der Waals surface area contributed by atoms with Crippen LogP contribution >= 0.6 is 23.1 Å². The predicted octanol–water partition coefficient (Wildman–Crippen LogP) is 7.73. The number of benzene rings is 4. The number of hydrogen-bond donors (Lipinski definition) is 3. The highest BCUT2D eigenvalue weighted by Gasteiger charge is 2.21. The molecule has 0 saturated carbocycles. The highest BCUT2D eigenvalue weighted by atomic mass is 32.2. The van der Waals surface area contributed by atoms with E-state index in [4.69, 9.17) is 0 Å². The topological polar surface area (TPSA) is 108 Å². The molecule has 1 atom stereocenters. The van der Waals surface area contributed by atoms with Crippen LogP contribution < -0.4 is 10.6 Å². The summed E-state index contributed by atoms with van der Waals surface area (Å²) in [6.07, 6.45) is 0.594. The standard InChI is InChI=1S/C32H27N3O4S2/c1-3-27(30(37)35-32-34-26(18-40-32)20-15-13-19(2)14-16-20)41-23-10-6-9-22(17-23)33-29(36)24-11-4-7-21-8-5-12-25(28(21)24)31(38)39/h4-18,27H,3H2,1-2H3,(H,33,36)(H,38,39)(H,34,35,37). The number of hydrogen-bond acceptors (Lipinski definition) is 6. The lowest BCUT2D eigenvalue weighted by Crippen LogP contribution is -2.24. The van der Waals surface area contributed by atoms with Crippen LogP contribution in [-0.2, 0) is 4.79 Å². The molecule has 0 aliphatic heterocycles. The first-order valence-electron chi connectivity index (χ1n) is 13.0. The van der Waals surface area contributed by atoms with Gasteiger partial charge in [0.15, 0.2) is 5.13 Å². The summed E-state index contributed by atoms with van der Waals surface area (Å²) in [7, 11) is 0. The molecule has 1 aromatic heterocycles. The van der Waals surface area contributed by atoms with Crippen LogP contribution in [0.25, 0.3) is 22.0 Å². The number of aryl methyl sites for hydroxylation is 1. The maximum atomic E-state index is 13.2. The van der Waals surface area contributed by atoms with Crippen molar-refractivity contribution in [2.45, 2.75) is 30.4 Å². The normalized spacial score (nSPS) is 11.7. The summed E-state index contributed by atoms with van der Waals surface area (Å²) in [6, 6.07) is 25.4. The van der Waals surface area contributed by atoms with E-state index in [9.17, 15) is 19.5 Å². The molecule has 0 spiro atoms. The molecule has 0 bridgehead atoms. The minimum absolute atomic E-state index is 0.0700. The Balaban J connectivity index is 1.28. The lowest BCUT2D eigenvalue weighted by Gasteiger charge is -2.15. The summed E-state index contributed by atoms with van der Waals surface area (Å²) in [5, 5.41) is 18.6. The van der Waals surface area contributed by atoms with Crippen molar-refractivity contribution in [1.29, 1.82) is 0 Å². The molecule has 0 fully saturated rings. The second-order valence-corrected chi connectivity index (χ2v) is 11.5. The van der Waals surface area contributed by atoms with Crippen molar-refractivity contribution in [2.24, 2.45) is 0 Å². The average molecular weight is 582 g/mol. The number of nitrogens with zero attached hydrogens (tertiary/aromatic N) is 1. The SMILES string of the molecule is CCC(Sc1cccc(NC(=O)c2cccc3cccc(C(=O)O)c23)c1)C(=O)Nc1nc(-c2ccc(C)cc2)cs1. The maximum Gasteiger partial charge on any atom is 0.336 e. The largest absolute Gasteiger partial charge is 0.478 e. The highest BCUT2D eigenvalue weighted by molar-refractivity contribution is 8.00. The smallest absolute Gasteiger partial charge is 0.336 e. The zero-order valence-electron chi connectivity index (χ0n) is 22.4. The van der Waals surface area contributed by atoms with E-state index in [0.29, 0.717) is 28.0 Å². The summed E-state index contributed by atoms with van der Waals surface area (Å²) in [5.41, 5.74) is 3.87. The number of carbonyl (C=O) groups excluding carboxylic acids is 2. The molecule has 0 aliphatic carbocycles. The number of aromatic nitrogens is 1. The number of rotatable bonds is 9. The van der Waals surface area contributed by atoms with E-state index in [-0.39, 0.29) is 22.3 Å². The van der Waals surface area contributed by atoms with Gasteiger partial charge in [0.2, 0.25) is 5.91 Å². The molecule has 1 unspecified atom stereocenters. The molecule has 5 aromatic rings. The number of thioether (sulfide) groups is 1. The Morgan fingerprint density at radius 1 is 0.927 bits per heavy atom. The molecule has 1 heterocycles. The van der Waals surface area contributed by atoms with E-state index in [0.717, 1.165) is 16.2 Å². The predicted molar refractivity (Wildman–Crippen MR) is 166 cm³/mol. The van der Waals surface area contributed by atoms with E-state index in [1.165, 1.54) is 34.7 Å². The lowest BCUT2D eigenvalue weighted by atomic mass is 9.98. The monoisotopic (exact) mass is 581 g/mol. The van der Waals surface area contributed by atoms with Gasteiger partial charge in [-0.3, -0.25) is 9.59 Å². The van der Waals surface area contributed by atoms with E-state index in [1.54, 1.807) is 42.5 Å². The van der Waals surface area contributed by atoms with Crippen molar-refractivity contribution in [3.8, 4) is 11.3 Å². The Morgan fingerprint density at radius 3 is 2.34 bits per heavy atom. The third-order valence-electron chi connectivity index (χ3n) is 6.49. The van der Waals surface area contributed by atoms with Crippen molar-refractivity contribution in [1.82, 2.24) is 4.98 Å². The lowest BCUT2D eigenvalue weighted by molar-refractivity contribution is -0.115. The number of fused-ring (bicyclic) bond motifs is 1. The Labute approximate surface area is 245 Å². The van der Waals surface area contributed by atoms with Gasteiger partial charge < -0.3 is 15.7 Å². The zero-order chi connectivity index (χ0) is 28.9. The summed E-state index contributed by atoms with van der Waals surface area (Å²) in [5.74, 6) is -1.65. The maximum absolute atomic E-state index is 13.2. The molecule has 0 aliphatic rings. The van der Waals surface area contributed by atoms with E-state index in [2.05, 4.69) is 15.6 Å². The number of nitrogens with one attached hydrogen (secondary N) is 2. The summed E-state index contributed by atoms with van der Waals surface area (Å²) in [4.78, 5) is 43.6. The van der Waals surface area contributed by atoms with E-state index < -0.39 is 11.9 Å². The molecule has 5 rings (SSSR count). The molecule has 9 heteroatoms. The first kappa shape index (κ1) is 28.1. The van der Waals surface area contributed by atoms with Crippen molar-refractivity contribution < 1.29 is 19.5 Å². The van der Waals surface area contributed by atoms with Crippen LogP contribution in [0.5, 0.6) is 0 Å². The van der Waals surface area contributed by atoms with Gasteiger partial charge in [-0.15, -0.1) is 23.1 Å². The Morgan fingerprint density at radius 2 is 1.63 bits per heavy atom. The van der Waals surface area contributed by atoms with Crippen LogP contribution in [0.1, 0.15) is 39.6 Å². The first-order chi connectivity index (χ1) is 19.8. The molecule has 3 N–H and O–H groups in total. The zero-order valence-corrected chi connectivity index (χ0v) is 24.0. The number of carboxylic acids is 1. The molecular weight excluding hydrogens is 555 g/mol. The number of aromatic carboxylic acids is 1. The van der Waals surface area contributed by atoms with Crippen LogP contribution in [0, 0.1) is 6.92 Å². The Kier molecular flexibility index (Phi) is 8.47. The van der Waals surface area contributed by atoms with Crippen LogP contribution in [-0.4, -0.2) is 33.1 Å². The van der Waals surface area contributed by atoms with Gasteiger partial charge in [-0.25, -0.2) is 9.78 Å². The third-order valence-corrected chi connectivity index (χ3v) is 8.61. The van der Waals surface area contributed by atoms with Gasteiger partial charge in [0.1, 0.15) is 0 Å². The highest BCUT2D eigenvalue weighted by Crippen LogP contribution is 2.31. The van der Waals surface area contributed by atoms with E-state index >= 15 is 0 Å². The quantitative estimate of drug-likeness (QED) is 0.154. The fourth-order valence-electron chi connectivity index (χ4n) is 4.41. The summed E-state index contributed by atoms with van der Waals surface area (Å²) in [6.45, 7) is 3.98. The van der Waals surface area contributed by atoms with E-state index in [1.807, 2.05) is 55.6 Å². The van der Waals surface area contributed by atoms with Crippen LogP contribution in [0.3, 0.4) is 0 Å². The van der Waals surface area contributed by atoms with Crippen LogP contribution in [0.15, 0.2) is 95.2 Å². The van der Waals surface area contributed by atoms with Gasteiger partial charge in [-0.2, -0.15) is 0 Å². The molecule has 2 amide bonds. The molecule has 7 nitrogen and oxygen atoms in total. The van der Waals surface area contributed by atoms with Crippen LogP contribution in [0.2, 0.25) is 0 Å². The van der Waals surface area contributed by atoms with Gasteiger partial charge in [0, 0.05) is 32.5 Å². The number of anilines is 2. The molecule has 0 saturated heterocycles. The Hall–Kier alpha value is -4.47. The molecule has 0 radical (unpaired) electrons. The molecule has 41 heavy (non-hydrogen) atoms. The van der Waals surface area contributed by atoms with Gasteiger partial charge in [-0.05, 0) is 49.1 Å². The van der Waals surface area contributed by atoms with Crippen molar-refractivity contribution >= 4 is 62.5 Å². The summed E-state index contributed by atoms with van der Waals surface area (Å²) >= 11 is 2.79. The third kappa shape index (κ3) is 6.48. The number of amides is 2. The Bertz CT molecular complexity index is 1740. The van der Waals surface area contributed by atoms with Crippen molar-refractivity contribution in [2.75, 3.05) is 10.6 Å². The molecular formula is C32H27N3O4S2.